The number of hydrogen-bond acceptors (Lipinski definition) is 25. The lowest BCUT2D eigenvalue weighted by Gasteiger charge is -2.28. The minimum atomic E-state index is -0.411. The molecule has 0 saturated carbocycles. The number of carbonyl (C=O) groups excluding carboxylic acids is 1. The molecule has 8 aromatic carbocycles. The largest absolute Gasteiger partial charge is 0.490 e. The van der Waals surface area contributed by atoms with E-state index in [2.05, 4.69) is 89.1 Å². The van der Waals surface area contributed by atoms with Gasteiger partial charge in [-0.3, -0.25) is 4.79 Å². The van der Waals surface area contributed by atoms with Gasteiger partial charge in [0, 0.05) is 74.1 Å². The van der Waals surface area contributed by atoms with Crippen molar-refractivity contribution in [3.63, 3.8) is 0 Å². The molecule has 0 saturated heterocycles. The first-order valence-corrected chi connectivity index (χ1v) is 39.7. The van der Waals surface area contributed by atoms with Crippen LogP contribution in [-0.2, 0) is 25.7 Å². The number of carbonyl (C=O) groups is 1. The van der Waals surface area contributed by atoms with E-state index >= 15 is 0 Å². The number of fused-ring (bicyclic) bond motifs is 4. The minimum absolute atomic E-state index is 0.0819. The molecule has 0 bridgehead atoms. The Morgan fingerprint density at radius 1 is 0.391 bits per heavy atom. The van der Waals surface area contributed by atoms with Gasteiger partial charge in [-0.1, -0.05) is 93.4 Å². The lowest BCUT2D eigenvalue weighted by molar-refractivity contribution is 0.0994. The summed E-state index contributed by atoms with van der Waals surface area (Å²) in [6, 6.07) is 47.2. The first-order chi connectivity index (χ1) is 56.0. The fraction of sp³-hybridized carbons (Fsp3) is 0.367. The molecular formula is C90H100N10O15. The van der Waals surface area contributed by atoms with Gasteiger partial charge in [0.2, 0.25) is 23.3 Å². The van der Waals surface area contributed by atoms with Crippen molar-refractivity contribution in [2.45, 2.75) is 144 Å². The van der Waals surface area contributed by atoms with Crippen LogP contribution in [0.1, 0.15) is 162 Å². The van der Waals surface area contributed by atoms with Gasteiger partial charge in [0.1, 0.15) is 0 Å². The van der Waals surface area contributed by atoms with Crippen molar-refractivity contribution in [2.24, 2.45) is 0 Å². The molecule has 3 unspecified atom stereocenters. The number of Topliss-reactive ketones (excluding diaryl/α,β-unsaturated/α-hetero) is 1. The molecule has 3 atom stereocenters. The van der Waals surface area contributed by atoms with Crippen LogP contribution in [0.15, 0.2) is 164 Å². The molecule has 0 amide bonds. The molecule has 0 radical (unpaired) electrons. The normalized spacial score (nSPS) is 14.9. The second kappa shape index (κ2) is 37.5. The van der Waals surface area contributed by atoms with E-state index in [4.69, 9.17) is 56.0 Å². The van der Waals surface area contributed by atoms with E-state index in [1.807, 2.05) is 191 Å². The molecule has 25 heteroatoms. The summed E-state index contributed by atoms with van der Waals surface area (Å²) in [6.07, 6.45) is 6.41. The molecule has 4 aliphatic rings. The van der Waals surface area contributed by atoms with E-state index < -0.39 is 6.10 Å². The first-order valence-electron chi connectivity index (χ1n) is 39.7. The monoisotopic (exact) mass is 1560 g/mol. The van der Waals surface area contributed by atoms with Gasteiger partial charge in [-0.2, -0.15) is 19.9 Å². The number of benzene rings is 8. The minimum Gasteiger partial charge on any atom is -0.490 e. The topological polar surface area (TPSA) is 302 Å². The van der Waals surface area contributed by atoms with Gasteiger partial charge in [0.25, 0.3) is 23.6 Å². The zero-order valence-corrected chi connectivity index (χ0v) is 67.3. The lowest BCUT2D eigenvalue weighted by Crippen LogP contribution is -2.44. The van der Waals surface area contributed by atoms with Gasteiger partial charge in [-0.25, -0.2) is 0 Å². The fourth-order valence-corrected chi connectivity index (χ4v) is 15.0. The zero-order valence-electron chi connectivity index (χ0n) is 67.3. The maximum absolute atomic E-state index is 12.0. The molecule has 115 heavy (non-hydrogen) atoms. The Morgan fingerprint density at radius 3 is 1.10 bits per heavy atom. The molecule has 25 nitrogen and oxygen atoms in total. The highest BCUT2D eigenvalue weighted by Gasteiger charge is 2.33. The smallest absolute Gasteiger partial charge is 0.258 e. The van der Waals surface area contributed by atoms with Gasteiger partial charge in [0.05, 0.1) is 65.6 Å². The highest BCUT2D eigenvalue weighted by atomic mass is 16.5. The Labute approximate surface area is 669 Å². The predicted molar refractivity (Wildman–Crippen MR) is 436 cm³/mol. The van der Waals surface area contributed by atoms with Crippen molar-refractivity contribution in [1.29, 1.82) is 0 Å². The number of aliphatic hydroxyl groups is 2. The molecule has 16 rings (SSSR count). The van der Waals surface area contributed by atoms with Crippen molar-refractivity contribution in [3.8, 4) is 137 Å². The van der Waals surface area contributed by atoms with Crippen molar-refractivity contribution >= 4 is 5.78 Å². The highest BCUT2D eigenvalue weighted by molar-refractivity contribution is 6.02. The van der Waals surface area contributed by atoms with Crippen LogP contribution in [0.4, 0.5) is 0 Å². The molecule has 0 spiro atoms. The Kier molecular flexibility index (Phi) is 26.5. The summed E-state index contributed by atoms with van der Waals surface area (Å²) in [4.78, 5) is 32.7. The third kappa shape index (κ3) is 18.4. The summed E-state index contributed by atoms with van der Waals surface area (Å²) in [5, 5.41) is 40.1. The summed E-state index contributed by atoms with van der Waals surface area (Å²) in [5.41, 5.74) is 15.5. The Bertz CT molecular complexity index is 5320. The van der Waals surface area contributed by atoms with Crippen LogP contribution in [0.25, 0.3) is 91.4 Å². The number of nitrogens with one attached hydrogen (secondary N) is 1. The number of aliphatic hydroxyl groups excluding tert-OH is 2. The highest BCUT2D eigenvalue weighted by Crippen LogP contribution is 2.45. The van der Waals surface area contributed by atoms with E-state index in [1.165, 1.54) is 22.3 Å². The van der Waals surface area contributed by atoms with Crippen molar-refractivity contribution in [1.82, 2.24) is 50.8 Å². The van der Waals surface area contributed by atoms with Crippen molar-refractivity contribution < 1.29 is 71.0 Å². The van der Waals surface area contributed by atoms with Gasteiger partial charge in [-0.15, -0.1) is 0 Å². The second-order valence-electron chi connectivity index (χ2n) is 28.5. The number of nitrogens with zero attached hydrogens (tertiary/aromatic N) is 9. The third-order valence-electron chi connectivity index (χ3n) is 20.2. The summed E-state index contributed by atoms with van der Waals surface area (Å²) in [7, 11) is 4.25. The number of ketones is 1. The van der Waals surface area contributed by atoms with Crippen LogP contribution in [0, 0.1) is 0 Å². The maximum Gasteiger partial charge on any atom is 0.258 e. The van der Waals surface area contributed by atoms with Crippen LogP contribution in [-0.4, -0.2) is 141 Å². The molecule has 4 heterocycles. The van der Waals surface area contributed by atoms with E-state index in [1.54, 1.807) is 0 Å². The summed E-state index contributed by atoms with van der Waals surface area (Å²) in [6.45, 7) is 24.0. The first kappa shape index (κ1) is 81.3. The van der Waals surface area contributed by atoms with Crippen LogP contribution in [0.5, 0.6) is 46.0 Å². The molecule has 600 valence electrons. The van der Waals surface area contributed by atoms with Gasteiger partial charge in [-0.05, 0) is 240 Å². The molecule has 12 aromatic rings. The Balaban J connectivity index is 0.000000134. The SMILES string of the molecule is CCOc1ccc(-c2nc(-c3cccc4c3CCC4=O)no2)cc1OCC.CCOc1ccc(-c2nc(-c3cccc4c3CCC4N(C)C)no2)cc1OCC.CCOc1ccc(-c2nc(-c3cccc4c3CCC4NC(C)(C)CO)no2)cc1OCC.CCOc1ccc(-c2nc(-c3cccc4c3CCC4O)no2)cc1OCC. The van der Waals surface area contributed by atoms with Crippen LogP contribution in [0.3, 0.4) is 0 Å². The molecule has 0 fully saturated rings. The Morgan fingerprint density at radius 2 is 0.713 bits per heavy atom. The summed E-state index contributed by atoms with van der Waals surface area (Å²) >= 11 is 0. The number of ether oxygens (including phenoxy) is 8. The summed E-state index contributed by atoms with van der Waals surface area (Å²) < 4.78 is 67.5. The Hall–Kier alpha value is -11.8. The quantitative estimate of drug-likeness (QED) is 0.0410. The standard InChI is InChI=1S/C25H31N3O4.C23H27N3O3.C21H22N2O4.C21H20N2O4/c1-5-30-21-13-10-16(14-22(21)31-6-2)24-26-23(28-32-24)19-9-7-8-18-17(19)11-12-20(18)27-25(3,4)15-29;1-5-27-20-13-10-15(14-21(20)28-6-2)23-24-22(25-29-23)18-9-7-8-17-16(18)11-12-19(17)26(3)4;2*1-3-25-18-11-8-13(12-19(18)26-4-2)21-22-20(23-27-21)16-7-5-6-15-14(16)9-10-17(15)24/h7-10,13-14,20,27,29H,5-6,11-12,15H2,1-4H3;7-10,13-14,19H,5-6,11-12H2,1-4H3;5-8,11-12,17,24H,3-4,9-10H2,1-2H3;5-8,11-12H,3-4,9-10H2,1-2H3. The van der Waals surface area contributed by atoms with E-state index in [0.717, 1.165) is 105 Å². The molecule has 0 aliphatic heterocycles. The van der Waals surface area contributed by atoms with Crippen LogP contribution < -0.4 is 43.2 Å². The van der Waals surface area contributed by atoms with Gasteiger partial charge >= 0.3 is 0 Å². The lowest BCUT2D eigenvalue weighted by atomic mass is 9.99. The van der Waals surface area contributed by atoms with Gasteiger partial charge in [0.15, 0.2) is 51.8 Å². The number of hydrogen-bond donors (Lipinski definition) is 3. The molecule has 4 aromatic heterocycles. The number of aromatic nitrogens is 8. The summed E-state index contributed by atoms with van der Waals surface area (Å²) in [5.74, 6) is 9.55. The van der Waals surface area contributed by atoms with Crippen LogP contribution >= 0.6 is 0 Å². The fourth-order valence-electron chi connectivity index (χ4n) is 15.0. The molecular weight excluding hydrogens is 1460 g/mol. The van der Waals surface area contributed by atoms with Crippen LogP contribution in [0.2, 0.25) is 0 Å². The predicted octanol–water partition coefficient (Wildman–Crippen LogP) is 17.8. The average Bonchev–Trinajstić information content (AvgIpc) is 1.63. The van der Waals surface area contributed by atoms with E-state index in [0.29, 0.717) is 165 Å². The maximum atomic E-state index is 12.0. The van der Waals surface area contributed by atoms with Crippen molar-refractivity contribution in [2.75, 3.05) is 73.6 Å². The second-order valence-corrected chi connectivity index (χ2v) is 28.5. The van der Waals surface area contributed by atoms with E-state index in [-0.39, 0.29) is 24.0 Å². The van der Waals surface area contributed by atoms with Crippen molar-refractivity contribution in [3.05, 3.63) is 190 Å². The van der Waals surface area contributed by atoms with E-state index in [9.17, 15) is 15.0 Å². The number of rotatable bonds is 28. The van der Waals surface area contributed by atoms with Gasteiger partial charge < -0.3 is 76.4 Å². The average molecular weight is 1560 g/mol. The molecule has 3 N–H and O–H groups in total. The zero-order chi connectivity index (χ0) is 80.7. The third-order valence-corrected chi connectivity index (χ3v) is 20.2. The molecule has 4 aliphatic carbocycles.